The molecule has 0 radical (unpaired) electrons. The molecule has 7 heteroatoms. The summed E-state index contributed by atoms with van der Waals surface area (Å²) in [6.07, 6.45) is 2.83. The van der Waals surface area contributed by atoms with Crippen LogP contribution in [0.3, 0.4) is 0 Å². The Bertz CT molecular complexity index is 687. The van der Waals surface area contributed by atoms with Gasteiger partial charge < -0.3 is 15.4 Å². The van der Waals surface area contributed by atoms with Gasteiger partial charge in [0, 0.05) is 30.6 Å². The molecule has 1 aromatic carbocycles. The summed E-state index contributed by atoms with van der Waals surface area (Å²) in [7, 11) is 1.69. The molecule has 0 saturated carbocycles. The molecule has 0 aliphatic heterocycles. The van der Waals surface area contributed by atoms with E-state index in [2.05, 4.69) is 46.6 Å². The van der Waals surface area contributed by atoms with Gasteiger partial charge in [0.1, 0.15) is 5.75 Å². The molecule has 2 aromatic rings. The minimum atomic E-state index is 0. The van der Waals surface area contributed by atoms with Crippen LogP contribution in [-0.4, -0.2) is 31.1 Å². The number of nitrogens with zero attached hydrogens (tertiary/aromatic N) is 2. The molecule has 0 atom stereocenters. The van der Waals surface area contributed by atoms with Crippen molar-refractivity contribution in [3.8, 4) is 5.75 Å². The SMILES string of the molecule is CCNC(=NCc1ccc(OC)c(C)c1)NCCc1ncc(C)s1.I. The first-order valence-electron chi connectivity index (χ1n) is 8.19. The third-order valence-electron chi connectivity index (χ3n) is 3.52. The predicted molar refractivity (Wildman–Crippen MR) is 117 cm³/mol. The second-order valence-corrected chi connectivity index (χ2v) is 6.86. The Balaban J connectivity index is 0.00000312. The van der Waals surface area contributed by atoms with Crippen LogP contribution in [0.15, 0.2) is 29.4 Å². The topological polar surface area (TPSA) is 58.5 Å². The first-order chi connectivity index (χ1) is 11.6. The molecule has 138 valence electrons. The van der Waals surface area contributed by atoms with E-state index in [-0.39, 0.29) is 24.0 Å². The molecule has 0 aliphatic rings. The highest BCUT2D eigenvalue weighted by atomic mass is 127. The van der Waals surface area contributed by atoms with Crippen LogP contribution >= 0.6 is 35.3 Å². The molecule has 5 nitrogen and oxygen atoms in total. The number of guanidine groups is 1. The zero-order chi connectivity index (χ0) is 17.4. The molecule has 0 saturated heterocycles. The zero-order valence-corrected chi connectivity index (χ0v) is 18.4. The Morgan fingerprint density at radius 1 is 1.28 bits per heavy atom. The summed E-state index contributed by atoms with van der Waals surface area (Å²) in [6.45, 7) is 8.49. The number of thiazole rings is 1. The summed E-state index contributed by atoms with van der Waals surface area (Å²) in [5.41, 5.74) is 2.29. The third-order valence-corrected chi connectivity index (χ3v) is 4.50. The number of benzene rings is 1. The van der Waals surface area contributed by atoms with Crippen LogP contribution in [0.1, 0.15) is 27.9 Å². The molecule has 2 N–H and O–H groups in total. The maximum absolute atomic E-state index is 5.30. The fraction of sp³-hybridized carbons (Fsp3) is 0.444. The Hall–Kier alpha value is -1.35. The first kappa shape index (κ1) is 21.7. The molecule has 25 heavy (non-hydrogen) atoms. The van der Waals surface area contributed by atoms with Gasteiger partial charge in [-0.25, -0.2) is 9.98 Å². The van der Waals surface area contributed by atoms with Gasteiger partial charge in [-0.2, -0.15) is 0 Å². The van der Waals surface area contributed by atoms with E-state index in [0.29, 0.717) is 6.54 Å². The van der Waals surface area contributed by atoms with Crippen molar-refractivity contribution in [1.29, 1.82) is 0 Å². The largest absolute Gasteiger partial charge is 0.496 e. The van der Waals surface area contributed by atoms with E-state index in [1.54, 1.807) is 18.4 Å². The molecule has 0 aliphatic carbocycles. The molecule has 0 bridgehead atoms. The van der Waals surface area contributed by atoms with Gasteiger partial charge in [0.25, 0.3) is 0 Å². The Morgan fingerprint density at radius 2 is 2.08 bits per heavy atom. The van der Waals surface area contributed by atoms with Gasteiger partial charge in [-0.3, -0.25) is 0 Å². The molecule has 0 amide bonds. The van der Waals surface area contributed by atoms with Crippen LogP contribution in [0.5, 0.6) is 5.75 Å². The summed E-state index contributed by atoms with van der Waals surface area (Å²) >= 11 is 1.74. The fourth-order valence-corrected chi connectivity index (χ4v) is 3.14. The van der Waals surface area contributed by atoms with Gasteiger partial charge in [0.2, 0.25) is 0 Å². The summed E-state index contributed by atoms with van der Waals surface area (Å²) in [4.78, 5) is 10.3. The Kier molecular flexibility index (Phi) is 9.81. The zero-order valence-electron chi connectivity index (χ0n) is 15.3. The standard InChI is InChI=1S/C18H26N4OS.HI/c1-5-19-18(20-9-8-17-21-11-14(3)24-17)22-12-15-6-7-16(23-4)13(2)10-15;/h6-7,10-11H,5,8-9,12H2,1-4H3,(H2,19,20,22);1H. The van der Waals surface area contributed by atoms with Gasteiger partial charge in [0.05, 0.1) is 18.7 Å². The maximum atomic E-state index is 5.30. The van der Waals surface area contributed by atoms with Crippen molar-refractivity contribution in [3.63, 3.8) is 0 Å². The van der Waals surface area contributed by atoms with Gasteiger partial charge >= 0.3 is 0 Å². The lowest BCUT2D eigenvalue weighted by atomic mass is 10.1. The minimum Gasteiger partial charge on any atom is -0.496 e. The lowest BCUT2D eigenvalue weighted by Crippen LogP contribution is -2.38. The number of aryl methyl sites for hydroxylation is 2. The molecule has 0 spiro atoms. The van der Waals surface area contributed by atoms with Gasteiger partial charge in [-0.1, -0.05) is 12.1 Å². The number of aliphatic imine (C=N–C) groups is 1. The quantitative estimate of drug-likeness (QED) is 0.365. The van der Waals surface area contributed by atoms with Gasteiger partial charge in [0.15, 0.2) is 5.96 Å². The van der Waals surface area contributed by atoms with Crippen LogP contribution in [0.2, 0.25) is 0 Å². The lowest BCUT2D eigenvalue weighted by molar-refractivity contribution is 0.411. The third kappa shape index (κ3) is 7.19. The smallest absolute Gasteiger partial charge is 0.191 e. The van der Waals surface area contributed by atoms with Crippen LogP contribution in [0, 0.1) is 13.8 Å². The van der Waals surface area contributed by atoms with Crippen LogP contribution in [0.4, 0.5) is 0 Å². The van der Waals surface area contributed by atoms with E-state index in [1.807, 2.05) is 19.2 Å². The van der Waals surface area contributed by atoms with E-state index in [9.17, 15) is 0 Å². The monoisotopic (exact) mass is 474 g/mol. The van der Waals surface area contributed by atoms with E-state index < -0.39 is 0 Å². The van der Waals surface area contributed by atoms with Crippen LogP contribution < -0.4 is 15.4 Å². The summed E-state index contributed by atoms with van der Waals surface area (Å²) in [6, 6.07) is 6.16. The number of nitrogens with one attached hydrogen (secondary N) is 2. The molecule has 2 rings (SSSR count). The lowest BCUT2D eigenvalue weighted by Gasteiger charge is -2.11. The van der Waals surface area contributed by atoms with E-state index in [4.69, 9.17) is 4.74 Å². The van der Waals surface area contributed by atoms with Crippen molar-refractivity contribution in [1.82, 2.24) is 15.6 Å². The summed E-state index contributed by atoms with van der Waals surface area (Å²) in [5, 5.41) is 7.80. The highest BCUT2D eigenvalue weighted by molar-refractivity contribution is 14.0. The number of hydrogen-bond acceptors (Lipinski definition) is 4. The predicted octanol–water partition coefficient (Wildman–Crippen LogP) is 3.68. The normalized spacial score (nSPS) is 11.0. The van der Waals surface area contributed by atoms with Crippen molar-refractivity contribution in [3.05, 3.63) is 45.4 Å². The van der Waals surface area contributed by atoms with Crippen LogP contribution in [-0.2, 0) is 13.0 Å². The number of aromatic nitrogens is 1. The molecule has 1 aromatic heterocycles. The molecule has 0 fully saturated rings. The molecular formula is C18H27IN4OS. The van der Waals surface area contributed by atoms with Gasteiger partial charge in [-0.05, 0) is 38.0 Å². The highest BCUT2D eigenvalue weighted by Gasteiger charge is 2.02. The number of hydrogen-bond donors (Lipinski definition) is 2. The minimum absolute atomic E-state index is 0. The first-order valence-corrected chi connectivity index (χ1v) is 9.01. The molecule has 0 unspecified atom stereocenters. The summed E-state index contributed by atoms with van der Waals surface area (Å²) < 4.78 is 5.30. The van der Waals surface area contributed by atoms with Crippen molar-refractivity contribution in [2.24, 2.45) is 4.99 Å². The van der Waals surface area contributed by atoms with Crippen molar-refractivity contribution >= 4 is 41.3 Å². The maximum Gasteiger partial charge on any atom is 0.191 e. The molecular weight excluding hydrogens is 447 g/mol. The average molecular weight is 474 g/mol. The van der Waals surface area contributed by atoms with Gasteiger partial charge in [-0.15, -0.1) is 35.3 Å². The number of rotatable bonds is 7. The van der Waals surface area contributed by atoms with Crippen molar-refractivity contribution in [2.75, 3.05) is 20.2 Å². The molecule has 1 heterocycles. The highest BCUT2D eigenvalue weighted by Crippen LogP contribution is 2.18. The number of ether oxygens (including phenoxy) is 1. The van der Waals surface area contributed by atoms with E-state index in [1.165, 1.54) is 10.4 Å². The second-order valence-electron chi connectivity index (χ2n) is 5.54. The number of halogens is 1. The Morgan fingerprint density at radius 3 is 2.68 bits per heavy atom. The fourth-order valence-electron chi connectivity index (χ4n) is 2.36. The van der Waals surface area contributed by atoms with E-state index >= 15 is 0 Å². The average Bonchev–Trinajstić information content (AvgIpc) is 2.98. The summed E-state index contributed by atoms with van der Waals surface area (Å²) in [5.74, 6) is 1.74. The second kappa shape index (κ2) is 11.3. The van der Waals surface area contributed by atoms with E-state index in [0.717, 1.165) is 41.8 Å². The van der Waals surface area contributed by atoms with Crippen LogP contribution in [0.25, 0.3) is 0 Å². The Labute approximate surface area is 171 Å². The van der Waals surface area contributed by atoms with Crippen molar-refractivity contribution < 1.29 is 4.74 Å². The van der Waals surface area contributed by atoms with Crippen molar-refractivity contribution in [2.45, 2.75) is 33.7 Å². The number of methoxy groups -OCH3 is 1.